The predicted molar refractivity (Wildman–Crippen MR) is 83.9 cm³/mol. The maximum atomic E-state index is 6.19. The van der Waals surface area contributed by atoms with Crippen molar-refractivity contribution in [3.05, 3.63) is 52.1 Å². The van der Waals surface area contributed by atoms with Crippen LogP contribution < -0.4 is 10.1 Å². The van der Waals surface area contributed by atoms with Crippen molar-refractivity contribution in [2.45, 2.75) is 19.9 Å². The number of hydrogen-bond acceptors (Lipinski definition) is 3. The molecule has 0 aliphatic rings. The van der Waals surface area contributed by atoms with Crippen molar-refractivity contribution in [3.8, 4) is 5.88 Å². The van der Waals surface area contributed by atoms with Crippen molar-refractivity contribution in [2.24, 2.45) is 0 Å². The molecule has 0 spiro atoms. The van der Waals surface area contributed by atoms with Gasteiger partial charge in [0, 0.05) is 16.1 Å². The Morgan fingerprint density at radius 2 is 2.05 bits per heavy atom. The summed E-state index contributed by atoms with van der Waals surface area (Å²) in [4.78, 5) is 4.21. The summed E-state index contributed by atoms with van der Waals surface area (Å²) in [5.74, 6) is 0.617. The predicted octanol–water partition coefficient (Wildman–Crippen LogP) is 4.96. The summed E-state index contributed by atoms with van der Waals surface area (Å²) in [5, 5.41) is 4.69. The summed E-state index contributed by atoms with van der Waals surface area (Å²) in [6, 6.07) is 9.22. The average Bonchev–Trinajstić information content (AvgIpc) is 2.44. The molecule has 1 unspecified atom stereocenters. The molecule has 1 heterocycles. The Balaban J connectivity index is 2.10. The largest absolute Gasteiger partial charge is 0.478 e. The molecule has 0 aliphatic heterocycles. The van der Waals surface area contributed by atoms with Gasteiger partial charge in [0.1, 0.15) is 0 Å². The summed E-state index contributed by atoms with van der Waals surface area (Å²) < 4.78 is 5.31. The van der Waals surface area contributed by atoms with Crippen LogP contribution in [0.4, 0.5) is 5.69 Å². The molecule has 0 aliphatic carbocycles. The molecule has 0 saturated heterocycles. The monoisotopic (exact) mass is 310 g/mol. The minimum absolute atomic E-state index is 0.0287. The lowest BCUT2D eigenvalue weighted by molar-refractivity contribution is 0.327. The molecule has 3 nitrogen and oxygen atoms in total. The summed E-state index contributed by atoms with van der Waals surface area (Å²) >= 11 is 12.2. The summed E-state index contributed by atoms with van der Waals surface area (Å²) in [7, 11) is 0. The molecule has 106 valence electrons. The first kappa shape index (κ1) is 14.9. The van der Waals surface area contributed by atoms with Crippen LogP contribution in [0.1, 0.15) is 25.5 Å². The fraction of sp³-hybridized carbons (Fsp3) is 0.267. The molecule has 20 heavy (non-hydrogen) atoms. The highest BCUT2D eigenvalue weighted by Gasteiger charge is 2.10. The van der Waals surface area contributed by atoms with Gasteiger partial charge < -0.3 is 10.1 Å². The van der Waals surface area contributed by atoms with Gasteiger partial charge in [-0.2, -0.15) is 0 Å². The van der Waals surface area contributed by atoms with Crippen LogP contribution >= 0.6 is 23.2 Å². The normalized spacial score (nSPS) is 12.0. The highest BCUT2D eigenvalue weighted by atomic mass is 35.5. The molecule has 2 rings (SSSR count). The third-order valence-electron chi connectivity index (χ3n) is 2.84. The maximum Gasteiger partial charge on any atom is 0.213 e. The van der Waals surface area contributed by atoms with Crippen molar-refractivity contribution in [3.63, 3.8) is 0 Å². The van der Waals surface area contributed by atoms with Crippen LogP contribution in [0.3, 0.4) is 0 Å². The number of pyridine rings is 1. The Morgan fingerprint density at radius 3 is 2.70 bits per heavy atom. The van der Waals surface area contributed by atoms with Crippen molar-refractivity contribution >= 4 is 28.9 Å². The van der Waals surface area contributed by atoms with Gasteiger partial charge in [-0.1, -0.05) is 23.2 Å². The number of nitrogens with one attached hydrogen (secondary N) is 1. The van der Waals surface area contributed by atoms with Crippen LogP contribution in [0.25, 0.3) is 0 Å². The number of halogens is 2. The van der Waals surface area contributed by atoms with Crippen LogP contribution in [-0.4, -0.2) is 11.6 Å². The molecule has 1 aromatic heterocycles. The standard InChI is InChI=1S/C15H16Cl2N2O/c1-3-20-15-7-5-12(9-18-15)19-10(2)13-8-11(16)4-6-14(13)17/h4-10,19H,3H2,1-2H3. The van der Waals surface area contributed by atoms with E-state index in [0.29, 0.717) is 22.5 Å². The molecular weight excluding hydrogens is 295 g/mol. The molecule has 0 saturated carbocycles. The number of benzene rings is 1. The van der Waals surface area contributed by atoms with E-state index in [1.54, 1.807) is 18.3 Å². The molecule has 5 heteroatoms. The number of rotatable bonds is 5. The highest BCUT2D eigenvalue weighted by Crippen LogP contribution is 2.28. The first-order valence-electron chi connectivity index (χ1n) is 6.40. The van der Waals surface area contributed by atoms with Crippen molar-refractivity contribution in [1.29, 1.82) is 0 Å². The zero-order valence-electron chi connectivity index (χ0n) is 11.4. The second kappa shape index (κ2) is 6.82. The van der Waals surface area contributed by atoms with E-state index < -0.39 is 0 Å². The Labute approximate surface area is 128 Å². The van der Waals surface area contributed by atoms with Crippen LogP contribution in [0.15, 0.2) is 36.5 Å². The molecule has 2 aromatic rings. The van der Waals surface area contributed by atoms with Gasteiger partial charge in [0.25, 0.3) is 0 Å². The van der Waals surface area contributed by atoms with Crippen LogP contribution in [0, 0.1) is 0 Å². The van der Waals surface area contributed by atoms with E-state index in [4.69, 9.17) is 27.9 Å². The fourth-order valence-corrected chi connectivity index (χ4v) is 2.33. The van der Waals surface area contributed by atoms with E-state index in [1.807, 2.05) is 32.0 Å². The Hall–Kier alpha value is -1.45. The number of aromatic nitrogens is 1. The zero-order valence-corrected chi connectivity index (χ0v) is 12.9. The van der Waals surface area contributed by atoms with Gasteiger partial charge in [-0.15, -0.1) is 0 Å². The molecule has 1 atom stereocenters. The Bertz CT molecular complexity index is 573. The highest BCUT2D eigenvalue weighted by molar-refractivity contribution is 6.33. The average molecular weight is 311 g/mol. The second-order valence-corrected chi connectivity index (χ2v) is 5.19. The Morgan fingerprint density at radius 1 is 1.25 bits per heavy atom. The summed E-state index contributed by atoms with van der Waals surface area (Å²) in [6.45, 7) is 4.55. The van der Waals surface area contributed by atoms with Crippen molar-refractivity contribution < 1.29 is 4.74 Å². The number of nitrogens with zero attached hydrogens (tertiary/aromatic N) is 1. The smallest absolute Gasteiger partial charge is 0.213 e. The van der Waals surface area contributed by atoms with E-state index in [2.05, 4.69) is 10.3 Å². The molecule has 0 radical (unpaired) electrons. The van der Waals surface area contributed by atoms with Gasteiger partial charge in [0.2, 0.25) is 5.88 Å². The molecule has 1 N–H and O–H groups in total. The number of anilines is 1. The lowest BCUT2D eigenvalue weighted by Crippen LogP contribution is -2.07. The molecule has 0 bridgehead atoms. The minimum Gasteiger partial charge on any atom is -0.478 e. The lowest BCUT2D eigenvalue weighted by atomic mass is 10.1. The lowest BCUT2D eigenvalue weighted by Gasteiger charge is -2.17. The first-order chi connectivity index (χ1) is 9.60. The van der Waals surface area contributed by atoms with Crippen molar-refractivity contribution in [1.82, 2.24) is 4.98 Å². The van der Waals surface area contributed by atoms with E-state index >= 15 is 0 Å². The summed E-state index contributed by atoms with van der Waals surface area (Å²) in [5.41, 5.74) is 1.85. The van der Waals surface area contributed by atoms with E-state index in [0.717, 1.165) is 11.3 Å². The van der Waals surface area contributed by atoms with Gasteiger partial charge in [-0.05, 0) is 43.7 Å². The zero-order chi connectivity index (χ0) is 14.5. The van der Waals surface area contributed by atoms with E-state index in [-0.39, 0.29) is 6.04 Å². The van der Waals surface area contributed by atoms with Gasteiger partial charge in [0.15, 0.2) is 0 Å². The quantitative estimate of drug-likeness (QED) is 0.847. The molecule has 1 aromatic carbocycles. The molecular formula is C15H16Cl2N2O. The number of hydrogen-bond donors (Lipinski definition) is 1. The topological polar surface area (TPSA) is 34.1 Å². The van der Waals surface area contributed by atoms with Crippen LogP contribution in [0.2, 0.25) is 10.0 Å². The van der Waals surface area contributed by atoms with Crippen LogP contribution in [0.5, 0.6) is 5.88 Å². The molecule has 0 amide bonds. The third-order valence-corrected chi connectivity index (χ3v) is 3.42. The van der Waals surface area contributed by atoms with Gasteiger partial charge in [-0.3, -0.25) is 0 Å². The van der Waals surface area contributed by atoms with Gasteiger partial charge in [-0.25, -0.2) is 4.98 Å². The summed E-state index contributed by atoms with van der Waals surface area (Å²) in [6.07, 6.45) is 1.74. The Kier molecular flexibility index (Phi) is 5.10. The van der Waals surface area contributed by atoms with E-state index in [1.165, 1.54) is 0 Å². The van der Waals surface area contributed by atoms with Crippen molar-refractivity contribution in [2.75, 3.05) is 11.9 Å². The minimum atomic E-state index is 0.0287. The van der Waals surface area contributed by atoms with Gasteiger partial charge >= 0.3 is 0 Å². The van der Waals surface area contributed by atoms with Gasteiger partial charge in [0.05, 0.1) is 24.5 Å². The second-order valence-electron chi connectivity index (χ2n) is 4.35. The van der Waals surface area contributed by atoms with Crippen LogP contribution in [-0.2, 0) is 0 Å². The SMILES string of the molecule is CCOc1ccc(NC(C)c2cc(Cl)ccc2Cl)cn1. The number of ether oxygens (including phenoxy) is 1. The third kappa shape index (κ3) is 3.78. The van der Waals surface area contributed by atoms with E-state index in [9.17, 15) is 0 Å². The fourth-order valence-electron chi connectivity index (χ4n) is 1.87. The maximum absolute atomic E-state index is 6.19. The molecule has 0 fully saturated rings. The first-order valence-corrected chi connectivity index (χ1v) is 7.16.